The predicted molar refractivity (Wildman–Crippen MR) is 51.7 cm³/mol. The van der Waals surface area contributed by atoms with E-state index in [9.17, 15) is 9.59 Å². The van der Waals surface area contributed by atoms with E-state index < -0.39 is 18.3 Å². The number of carboxylic acid groups (broad SMARTS) is 1. The first-order valence-electron chi connectivity index (χ1n) is 4.51. The number of hydrogen-bond donors (Lipinski definition) is 2. The lowest BCUT2D eigenvalue weighted by molar-refractivity contribution is -0.679. The first-order chi connectivity index (χ1) is 7.09. The summed E-state index contributed by atoms with van der Waals surface area (Å²) in [5.74, 6) is -1.60. The van der Waals surface area contributed by atoms with Crippen LogP contribution in [-0.2, 0) is 23.2 Å². The lowest BCUT2D eigenvalue weighted by Crippen LogP contribution is -2.37. The number of nitrogens with one attached hydrogen (secondary N) is 1. The highest BCUT2D eigenvalue weighted by molar-refractivity contribution is 5.93. The van der Waals surface area contributed by atoms with Gasteiger partial charge < -0.3 is 10.4 Å². The molecule has 1 amide bonds. The molecule has 5 heteroatoms. The zero-order valence-corrected chi connectivity index (χ0v) is 8.43. The molecule has 0 saturated heterocycles. The van der Waals surface area contributed by atoms with E-state index in [1.807, 2.05) is 36.0 Å². The molecule has 0 radical (unpaired) electrons. The Hall–Kier alpha value is -1.91. The molecule has 80 valence electrons. The third-order valence-electron chi connectivity index (χ3n) is 1.94. The van der Waals surface area contributed by atoms with Crippen molar-refractivity contribution >= 4 is 11.9 Å². The van der Waals surface area contributed by atoms with Gasteiger partial charge in [0.1, 0.15) is 20.0 Å². The first-order valence-corrected chi connectivity index (χ1v) is 4.51. The molecule has 1 rings (SSSR count). The average Bonchev–Trinajstić information content (AvgIpc) is 2.15. The Morgan fingerprint density at radius 1 is 1.47 bits per heavy atom. The molecule has 0 aliphatic rings. The summed E-state index contributed by atoms with van der Waals surface area (Å²) >= 11 is 0. The van der Waals surface area contributed by atoms with Gasteiger partial charge in [-0.1, -0.05) is 6.07 Å². The Balaban J connectivity index is 2.47. The lowest BCUT2D eigenvalue weighted by Gasteiger charge is -2.01. The van der Waals surface area contributed by atoms with Crippen molar-refractivity contribution in [3.8, 4) is 0 Å². The second-order valence-electron chi connectivity index (χ2n) is 3.15. The minimum absolute atomic E-state index is 0.337. The van der Waals surface area contributed by atoms with Gasteiger partial charge in [-0.05, 0) is 0 Å². The number of aliphatic carboxylic acids is 1. The highest BCUT2D eigenvalue weighted by atomic mass is 16.4. The molecule has 1 aromatic heterocycles. The Kier molecular flexibility index (Phi) is 3.79. The fourth-order valence-electron chi connectivity index (χ4n) is 1.13. The topological polar surface area (TPSA) is 70.3 Å². The summed E-state index contributed by atoms with van der Waals surface area (Å²) in [6.45, 7) is 0.337. The van der Waals surface area contributed by atoms with Crippen molar-refractivity contribution in [1.29, 1.82) is 0 Å². The molecule has 1 heterocycles. The molecule has 0 aliphatic heterocycles. The zero-order chi connectivity index (χ0) is 11.3. The molecule has 15 heavy (non-hydrogen) atoms. The normalized spacial score (nSPS) is 9.67. The van der Waals surface area contributed by atoms with E-state index in [1.165, 1.54) is 0 Å². The van der Waals surface area contributed by atoms with Crippen molar-refractivity contribution in [2.45, 2.75) is 13.0 Å². The summed E-state index contributed by atoms with van der Waals surface area (Å²) in [6, 6.07) is 5.60. The maximum absolute atomic E-state index is 11.0. The van der Waals surface area contributed by atoms with Crippen LogP contribution in [0.2, 0.25) is 0 Å². The third kappa shape index (κ3) is 3.76. The van der Waals surface area contributed by atoms with Crippen LogP contribution in [0, 0.1) is 0 Å². The molecule has 0 spiro atoms. The van der Waals surface area contributed by atoms with Gasteiger partial charge >= 0.3 is 5.97 Å². The van der Waals surface area contributed by atoms with E-state index in [0.29, 0.717) is 6.54 Å². The molecule has 0 unspecified atom stereocenters. The summed E-state index contributed by atoms with van der Waals surface area (Å²) in [5.41, 5.74) is 0.913. The third-order valence-corrected chi connectivity index (χ3v) is 1.94. The SMILES string of the molecule is C[n+]1ccccc1CNC(=O)CC(=O)O. The molecular weight excluding hydrogens is 196 g/mol. The van der Waals surface area contributed by atoms with E-state index >= 15 is 0 Å². The van der Waals surface area contributed by atoms with Gasteiger partial charge in [-0.25, -0.2) is 4.57 Å². The Morgan fingerprint density at radius 2 is 2.20 bits per heavy atom. The van der Waals surface area contributed by atoms with Crippen molar-refractivity contribution < 1.29 is 19.3 Å². The van der Waals surface area contributed by atoms with Gasteiger partial charge in [-0.3, -0.25) is 9.59 Å². The van der Waals surface area contributed by atoms with Crippen LogP contribution in [0.15, 0.2) is 24.4 Å². The smallest absolute Gasteiger partial charge is 0.312 e. The number of hydrogen-bond acceptors (Lipinski definition) is 2. The van der Waals surface area contributed by atoms with Crippen LogP contribution in [0.3, 0.4) is 0 Å². The Morgan fingerprint density at radius 3 is 2.80 bits per heavy atom. The van der Waals surface area contributed by atoms with Gasteiger partial charge in [-0.15, -0.1) is 0 Å². The monoisotopic (exact) mass is 209 g/mol. The van der Waals surface area contributed by atoms with E-state index in [2.05, 4.69) is 5.32 Å². The average molecular weight is 209 g/mol. The van der Waals surface area contributed by atoms with Crippen LogP contribution in [0.1, 0.15) is 12.1 Å². The van der Waals surface area contributed by atoms with Gasteiger partial charge in [0.2, 0.25) is 5.91 Å². The van der Waals surface area contributed by atoms with Gasteiger partial charge in [0.25, 0.3) is 0 Å². The van der Waals surface area contributed by atoms with Gasteiger partial charge in [0.15, 0.2) is 11.9 Å². The zero-order valence-electron chi connectivity index (χ0n) is 8.43. The quantitative estimate of drug-likeness (QED) is 0.523. The van der Waals surface area contributed by atoms with Crippen molar-refractivity contribution in [3.63, 3.8) is 0 Å². The van der Waals surface area contributed by atoms with Crippen LogP contribution >= 0.6 is 0 Å². The Labute approximate surface area is 87.4 Å². The fourth-order valence-corrected chi connectivity index (χ4v) is 1.13. The van der Waals surface area contributed by atoms with Gasteiger partial charge in [0, 0.05) is 12.1 Å². The molecular formula is C10H13N2O3+. The first kappa shape index (κ1) is 11.2. The van der Waals surface area contributed by atoms with E-state index in [4.69, 9.17) is 5.11 Å². The molecule has 5 nitrogen and oxygen atoms in total. The molecule has 0 bridgehead atoms. The van der Waals surface area contributed by atoms with E-state index in [-0.39, 0.29) is 0 Å². The van der Waals surface area contributed by atoms with Crippen LogP contribution < -0.4 is 9.88 Å². The number of nitrogens with zero attached hydrogens (tertiary/aromatic N) is 1. The van der Waals surface area contributed by atoms with Crippen molar-refractivity contribution in [2.24, 2.45) is 7.05 Å². The minimum Gasteiger partial charge on any atom is -0.481 e. The summed E-state index contributed by atoms with van der Waals surface area (Å²) in [7, 11) is 1.86. The van der Waals surface area contributed by atoms with Crippen LogP contribution in [0.4, 0.5) is 0 Å². The number of carbonyl (C=O) groups excluding carboxylic acids is 1. The number of aryl methyl sites for hydroxylation is 1. The minimum atomic E-state index is -1.12. The second-order valence-corrected chi connectivity index (χ2v) is 3.15. The highest BCUT2D eigenvalue weighted by Gasteiger charge is 2.09. The van der Waals surface area contributed by atoms with Crippen molar-refractivity contribution in [1.82, 2.24) is 5.32 Å². The maximum Gasteiger partial charge on any atom is 0.312 e. The van der Waals surface area contributed by atoms with Crippen LogP contribution in [-0.4, -0.2) is 17.0 Å². The molecule has 0 fully saturated rings. The number of amides is 1. The largest absolute Gasteiger partial charge is 0.481 e. The van der Waals surface area contributed by atoms with Gasteiger partial charge in [0.05, 0.1) is 0 Å². The summed E-state index contributed by atoms with van der Waals surface area (Å²) < 4.78 is 1.86. The van der Waals surface area contributed by atoms with Crippen molar-refractivity contribution in [3.05, 3.63) is 30.1 Å². The molecule has 0 aliphatic carbocycles. The number of carboxylic acids is 1. The molecule has 0 aromatic carbocycles. The number of carbonyl (C=O) groups is 2. The van der Waals surface area contributed by atoms with Crippen molar-refractivity contribution in [2.75, 3.05) is 0 Å². The number of pyridine rings is 1. The van der Waals surface area contributed by atoms with Crippen LogP contribution in [0.25, 0.3) is 0 Å². The van der Waals surface area contributed by atoms with Gasteiger partial charge in [-0.2, -0.15) is 0 Å². The summed E-state index contributed by atoms with van der Waals surface area (Å²) in [4.78, 5) is 21.3. The molecule has 1 aromatic rings. The summed E-state index contributed by atoms with van der Waals surface area (Å²) in [6.07, 6.45) is 1.37. The fraction of sp³-hybridized carbons (Fsp3) is 0.300. The predicted octanol–water partition coefficient (Wildman–Crippen LogP) is -0.398. The van der Waals surface area contributed by atoms with E-state index in [1.54, 1.807) is 0 Å². The highest BCUT2D eigenvalue weighted by Crippen LogP contribution is 1.90. The maximum atomic E-state index is 11.0. The Bertz CT molecular complexity index is 377. The molecule has 0 saturated carbocycles. The number of aromatic nitrogens is 1. The lowest BCUT2D eigenvalue weighted by atomic mass is 10.3. The van der Waals surface area contributed by atoms with E-state index in [0.717, 1.165) is 5.69 Å². The summed E-state index contributed by atoms with van der Waals surface area (Å²) in [5, 5.41) is 10.9. The second kappa shape index (κ2) is 5.09. The number of rotatable bonds is 4. The molecule has 2 N–H and O–H groups in total. The molecule has 0 atom stereocenters. The standard InChI is InChI=1S/C10H12N2O3/c1-12-5-3-2-4-8(12)7-11-9(13)6-10(14)15/h2-5H,6-7H2,1H3,(H-,11,13,14,15)/p+1. The van der Waals surface area contributed by atoms with Crippen LogP contribution in [0.5, 0.6) is 0 Å².